The molecule has 0 spiro atoms. The minimum atomic E-state index is -0.838. The van der Waals surface area contributed by atoms with Crippen LogP contribution in [-0.2, 0) is 11.3 Å². The van der Waals surface area contributed by atoms with Crippen molar-refractivity contribution in [1.29, 1.82) is 0 Å². The van der Waals surface area contributed by atoms with Gasteiger partial charge < -0.3 is 15.0 Å². The first-order valence-corrected chi connectivity index (χ1v) is 6.34. The third-order valence-corrected chi connectivity index (χ3v) is 2.81. The Balaban J connectivity index is 2.28. The molecule has 0 bridgehead atoms. The monoisotopic (exact) mass is 253 g/mol. The van der Waals surface area contributed by atoms with Gasteiger partial charge in [-0.2, -0.15) is 0 Å². The lowest BCUT2D eigenvalue weighted by molar-refractivity contribution is -0.122. The maximum atomic E-state index is 11.6. The van der Waals surface area contributed by atoms with E-state index in [9.17, 15) is 9.90 Å². The smallest absolute Gasteiger partial charge is 0.240 e. The molecule has 0 fully saturated rings. The van der Waals surface area contributed by atoms with Crippen molar-refractivity contribution in [1.82, 2.24) is 14.9 Å². The third-order valence-electron chi connectivity index (χ3n) is 2.81. The predicted octanol–water partition coefficient (Wildman–Crippen LogP) is 1.19. The van der Waals surface area contributed by atoms with Gasteiger partial charge in [0, 0.05) is 18.9 Å². The summed E-state index contributed by atoms with van der Waals surface area (Å²) in [4.78, 5) is 15.5. The van der Waals surface area contributed by atoms with Gasteiger partial charge in [0.2, 0.25) is 5.91 Å². The molecular formula is C13H23N3O2. The molecule has 1 aromatic rings. The third kappa shape index (κ3) is 5.82. The van der Waals surface area contributed by atoms with Gasteiger partial charge in [0.25, 0.3) is 0 Å². The molecule has 102 valence electrons. The SMILES string of the molecule is CC(C)CCC(C)(O)CNC(=O)Cn1ccnc1. The zero-order chi connectivity index (χ0) is 13.6. The first-order chi connectivity index (χ1) is 8.39. The van der Waals surface area contributed by atoms with E-state index in [0.717, 1.165) is 6.42 Å². The van der Waals surface area contributed by atoms with Gasteiger partial charge in [-0.1, -0.05) is 13.8 Å². The van der Waals surface area contributed by atoms with Gasteiger partial charge in [-0.15, -0.1) is 0 Å². The summed E-state index contributed by atoms with van der Waals surface area (Å²) in [6, 6.07) is 0. The summed E-state index contributed by atoms with van der Waals surface area (Å²) in [5, 5.41) is 12.9. The van der Waals surface area contributed by atoms with Gasteiger partial charge in [-0.3, -0.25) is 4.79 Å². The van der Waals surface area contributed by atoms with Gasteiger partial charge in [0.1, 0.15) is 6.54 Å². The van der Waals surface area contributed by atoms with Crippen LogP contribution in [0, 0.1) is 5.92 Å². The van der Waals surface area contributed by atoms with E-state index < -0.39 is 5.60 Å². The van der Waals surface area contributed by atoms with Crippen LogP contribution in [0.15, 0.2) is 18.7 Å². The number of amides is 1. The summed E-state index contributed by atoms with van der Waals surface area (Å²) < 4.78 is 1.69. The van der Waals surface area contributed by atoms with Crippen molar-refractivity contribution in [3.05, 3.63) is 18.7 Å². The lowest BCUT2D eigenvalue weighted by atomic mass is 9.95. The number of rotatable bonds is 7. The number of aromatic nitrogens is 2. The molecule has 1 aromatic heterocycles. The standard InChI is InChI=1S/C13H23N3O2/c1-11(2)4-5-13(3,18)9-15-12(17)8-16-7-6-14-10-16/h6-7,10-11,18H,4-5,8-9H2,1-3H3,(H,15,17). The highest BCUT2D eigenvalue weighted by Gasteiger charge is 2.21. The Labute approximate surface area is 108 Å². The number of aliphatic hydroxyl groups is 1. The van der Waals surface area contributed by atoms with Crippen LogP contribution in [-0.4, -0.2) is 32.7 Å². The molecule has 0 aliphatic rings. The molecule has 5 heteroatoms. The molecule has 1 atom stereocenters. The van der Waals surface area contributed by atoms with Crippen molar-refractivity contribution in [2.24, 2.45) is 5.92 Å². The number of nitrogens with one attached hydrogen (secondary N) is 1. The highest BCUT2D eigenvalue weighted by molar-refractivity contribution is 5.75. The van der Waals surface area contributed by atoms with Crippen LogP contribution in [0.3, 0.4) is 0 Å². The Bertz CT molecular complexity index is 358. The van der Waals surface area contributed by atoms with Crippen LogP contribution < -0.4 is 5.32 Å². The lowest BCUT2D eigenvalue weighted by Crippen LogP contribution is -2.41. The van der Waals surface area contributed by atoms with E-state index >= 15 is 0 Å². The summed E-state index contributed by atoms with van der Waals surface area (Å²) in [5.41, 5.74) is -0.838. The topological polar surface area (TPSA) is 67.2 Å². The van der Waals surface area contributed by atoms with E-state index in [1.165, 1.54) is 0 Å². The fourth-order valence-corrected chi connectivity index (χ4v) is 1.58. The molecule has 18 heavy (non-hydrogen) atoms. The summed E-state index contributed by atoms with van der Waals surface area (Å²) in [6.07, 6.45) is 6.60. The first kappa shape index (κ1) is 14.7. The van der Waals surface area contributed by atoms with Gasteiger partial charge >= 0.3 is 0 Å². The van der Waals surface area contributed by atoms with Crippen molar-refractivity contribution in [2.75, 3.05) is 6.54 Å². The summed E-state index contributed by atoms with van der Waals surface area (Å²) in [5.74, 6) is 0.441. The molecule has 1 heterocycles. The zero-order valence-corrected chi connectivity index (χ0v) is 11.4. The van der Waals surface area contributed by atoms with Gasteiger partial charge in [0.05, 0.1) is 11.9 Å². The van der Waals surface area contributed by atoms with Gasteiger partial charge in [-0.25, -0.2) is 4.98 Å². The number of carbonyl (C=O) groups excluding carboxylic acids is 1. The second kappa shape index (κ2) is 6.54. The van der Waals surface area contributed by atoms with Crippen LogP contribution in [0.25, 0.3) is 0 Å². The molecule has 1 unspecified atom stereocenters. The molecule has 0 aromatic carbocycles. The molecule has 5 nitrogen and oxygen atoms in total. The molecule has 0 aliphatic carbocycles. The Morgan fingerprint density at radius 1 is 1.56 bits per heavy atom. The Morgan fingerprint density at radius 3 is 2.83 bits per heavy atom. The second-order valence-corrected chi connectivity index (χ2v) is 5.44. The molecule has 0 aliphatic heterocycles. The van der Waals surface area contributed by atoms with Crippen molar-refractivity contribution < 1.29 is 9.90 Å². The van der Waals surface area contributed by atoms with E-state index in [-0.39, 0.29) is 19.0 Å². The van der Waals surface area contributed by atoms with E-state index in [0.29, 0.717) is 12.3 Å². The Hall–Kier alpha value is -1.36. The molecule has 0 saturated carbocycles. The maximum absolute atomic E-state index is 11.6. The fourth-order valence-electron chi connectivity index (χ4n) is 1.58. The number of hydrogen-bond acceptors (Lipinski definition) is 3. The lowest BCUT2D eigenvalue weighted by Gasteiger charge is -2.24. The average molecular weight is 253 g/mol. The fraction of sp³-hybridized carbons (Fsp3) is 0.692. The molecule has 1 rings (SSSR count). The maximum Gasteiger partial charge on any atom is 0.240 e. The number of carbonyl (C=O) groups is 1. The van der Waals surface area contributed by atoms with E-state index in [1.807, 2.05) is 0 Å². The van der Waals surface area contributed by atoms with E-state index in [2.05, 4.69) is 24.1 Å². The molecule has 1 amide bonds. The largest absolute Gasteiger partial charge is 0.388 e. The van der Waals surface area contributed by atoms with Gasteiger partial charge in [-0.05, 0) is 25.7 Å². The molecule has 0 saturated heterocycles. The summed E-state index contributed by atoms with van der Waals surface area (Å²) in [6.45, 7) is 6.52. The predicted molar refractivity (Wildman–Crippen MR) is 69.9 cm³/mol. The normalized spacial score (nSPS) is 14.5. The quantitative estimate of drug-likeness (QED) is 0.767. The minimum Gasteiger partial charge on any atom is -0.388 e. The molecular weight excluding hydrogens is 230 g/mol. The minimum absolute atomic E-state index is 0.113. The van der Waals surface area contributed by atoms with Crippen molar-refractivity contribution >= 4 is 5.91 Å². The van der Waals surface area contributed by atoms with Crippen LogP contribution in [0.1, 0.15) is 33.6 Å². The van der Waals surface area contributed by atoms with Crippen LogP contribution in [0.2, 0.25) is 0 Å². The highest BCUT2D eigenvalue weighted by atomic mass is 16.3. The van der Waals surface area contributed by atoms with Gasteiger partial charge in [0.15, 0.2) is 0 Å². The van der Waals surface area contributed by atoms with Crippen LogP contribution in [0.5, 0.6) is 0 Å². The number of imidazole rings is 1. The highest BCUT2D eigenvalue weighted by Crippen LogP contribution is 2.15. The van der Waals surface area contributed by atoms with E-state index in [1.54, 1.807) is 30.2 Å². The Kier molecular flexibility index (Phi) is 5.34. The number of nitrogens with zero attached hydrogens (tertiary/aromatic N) is 2. The molecule has 0 radical (unpaired) electrons. The number of hydrogen-bond donors (Lipinski definition) is 2. The van der Waals surface area contributed by atoms with Crippen LogP contribution >= 0.6 is 0 Å². The van der Waals surface area contributed by atoms with Crippen molar-refractivity contribution in [3.63, 3.8) is 0 Å². The summed E-state index contributed by atoms with van der Waals surface area (Å²) in [7, 11) is 0. The second-order valence-electron chi connectivity index (χ2n) is 5.44. The van der Waals surface area contributed by atoms with Crippen LogP contribution in [0.4, 0.5) is 0 Å². The molecule has 2 N–H and O–H groups in total. The zero-order valence-electron chi connectivity index (χ0n) is 11.4. The first-order valence-electron chi connectivity index (χ1n) is 6.34. The van der Waals surface area contributed by atoms with Crippen molar-refractivity contribution in [2.45, 2.75) is 45.8 Å². The van der Waals surface area contributed by atoms with E-state index in [4.69, 9.17) is 0 Å². The average Bonchev–Trinajstić information content (AvgIpc) is 2.77. The summed E-state index contributed by atoms with van der Waals surface area (Å²) >= 11 is 0. The van der Waals surface area contributed by atoms with Crippen molar-refractivity contribution in [3.8, 4) is 0 Å². The Morgan fingerprint density at radius 2 is 2.28 bits per heavy atom.